The Morgan fingerprint density at radius 3 is 2.78 bits per heavy atom. The SMILES string of the molecule is COc1ccc(C(=O)N2CCCC2c2nc(CCOCc3ccccc3)no2)c(OC)c1. The van der Waals surface area contributed by atoms with Crippen molar-refractivity contribution < 1.29 is 23.5 Å². The summed E-state index contributed by atoms with van der Waals surface area (Å²) in [5.41, 5.74) is 1.60. The molecular weight excluding hydrogens is 410 g/mol. The maximum atomic E-state index is 13.3. The minimum atomic E-state index is -0.249. The molecule has 1 aliphatic heterocycles. The van der Waals surface area contributed by atoms with E-state index in [1.807, 2.05) is 30.3 Å². The number of rotatable bonds is 9. The number of amides is 1. The minimum Gasteiger partial charge on any atom is -0.497 e. The molecule has 0 saturated carbocycles. The third-order valence-corrected chi connectivity index (χ3v) is 5.50. The summed E-state index contributed by atoms with van der Waals surface area (Å²) >= 11 is 0. The zero-order valence-corrected chi connectivity index (χ0v) is 18.3. The minimum absolute atomic E-state index is 0.127. The Kier molecular flexibility index (Phi) is 7.01. The van der Waals surface area contributed by atoms with E-state index in [4.69, 9.17) is 18.7 Å². The first kappa shape index (κ1) is 21.8. The molecule has 4 rings (SSSR count). The third-order valence-electron chi connectivity index (χ3n) is 5.50. The molecule has 0 aliphatic carbocycles. The van der Waals surface area contributed by atoms with Crippen LogP contribution in [0.3, 0.4) is 0 Å². The van der Waals surface area contributed by atoms with Gasteiger partial charge in [-0.1, -0.05) is 35.5 Å². The molecule has 2 aromatic carbocycles. The van der Waals surface area contributed by atoms with Crippen LogP contribution in [0.2, 0.25) is 0 Å². The summed E-state index contributed by atoms with van der Waals surface area (Å²) in [5.74, 6) is 2.02. The van der Waals surface area contributed by atoms with Crippen molar-refractivity contribution in [3.63, 3.8) is 0 Å². The molecule has 3 aromatic rings. The number of likely N-dealkylation sites (tertiary alicyclic amines) is 1. The zero-order valence-electron chi connectivity index (χ0n) is 18.3. The molecule has 1 unspecified atom stereocenters. The van der Waals surface area contributed by atoms with Crippen LogP contribution in [-0.4, -0.2) is 48.3 Å². The first-order valence-corrected chi connectivity index (χ1v) is 10.7. The standard InChI is InChI=1S/C24H27N3O5/c1-29-18-10-11-19(21(15-18)30-2)24(28)27-13-6-9-20(27)23-25-22(26-32-23)12-14-31-16-17-7-4-3-5-8-17/h3-5,7-8,10-11,15,20H,6,9,12-14,16H2,1-2H3. The van der Waals surface area contributed by atoms with Gasteiger partial charge in [-0.05, 0) is 30.5 Å². The van der Waals surface area contributed by atoms with Crippen molar-refractivity contribution in [2.75, 3.05) is 27.4 Å². The van der Waals surface area contributed by atoms with E-state index in [1.165, 1.54) is 7.11 Å². The van der Waals surface area contributed by atoms with E-state index in [0.717, 1.165) is 18.4 Å². The van der Waals surface area contributed by atoms with E-state index in [1.54, 1.807) is 30.2 Å². The van der Waals surface area contributed by atoms with Gasteiger partial charge in [0.2, 0.25) is 5.89 Å². The molecule has 1 amide bonds. The fraction of sp³-hybridized carbons (Fsp3) is 0.375. The van der Waals surface area contributed by atoms with Crippen LogP contribution in [0.15, 0.2) is 53.1 Å². The molecule has 0 spiro atoms. The van der Waals surface area contributed by atoms with Crippen LogP contribution in [0.4, 0.5) is 0 Å². The average molecular weight is 437 g/mol. The molecular formula is C24H27N3O5. The van der Waals surface area contributed by atoms with Gasteiger partial charge in [-0.3, -0.25) is 4.79 Å². The Morgan fingerprint density at radius 1 is 1.16 bits per heavy atom. The van der Waals surface area contributed by atoms with Gasteiger partial charge in [0, 0.05) is 19.0 Å². The largest absolute Gasteiger partial charge is 0.497 e. The van der Waals surface area contributed by atoms with Crippen molar-refractivity contribution in [1.29, 1.82) is 0 Å². The van der Waals surface area contributed by atoms with Crippen LogP contribution in [0.5, 0.6) is 11.5 Å². The fourth-order valence-corrected chi connectivity index (χ4v) is 3.83. The summed E-state index contributed by atoms with van der Waals surface area (Å²) in [6.45, 7) is 1.65. The van der Waals surface area contributed by atoms with E-state index in [9.17, 15) is 4.79 Å². The molecule has 1 aromatic heterocycles. The van der Waals surface area contributed by atoms with Crippen molar-refractivity contribution in [1.82, 2.24) is 15.0 Å². The summed E-state index contributed by atoms with van der Waals surface area (Å²) < 4.78 is 21.9. The summed E-state index contributed by atoms with van der Waals surface area (Å²) in [5, 5.41) is 4.08. The fourth-order valence-electron chi connectivity index (χ4n) is 3.83. The molecule has 1 saturated heterocycles. The van der Waals surface area contributed by atoms with Crippen LogP contribution in [-0.2, 0) is 17.8 Å². The number of carbonyl (C=O) groups is 1. The Balaban J connectivity index is 1.38. The van der Waals surface area contributed by atoms with Gasteiger partial charge in [-0.25, -0.2) is 0 Å². The molecule has 0 N–H and O–H groups in total. The van der Waals surface area contributed by atoms with Crippen molar-refractivity contribution in [3.8, 4) is 11.5 Å². The lowest BCUT2D eigenvalue weighted by Gasteiger charge is -2.23. The van der Waals surface area contributed by atoms with Gasteiger partial charge in [0.25, 0.3) is 5.91 Å². The third kappa shape index (κ3) is 4.91. The first-order chi connectivity index (χ1) is 15.7. The Hall–Kier alpha value is -3.39. The van der Waals surface area contributed by atoms with Gasteiger partial charge < -0.3 is 23.6 Å². The highest BCUT2D eigenvalue weighted by Gasteiger charge is 2.35. The molecule has 1 atom stereocenters. The lowest BCUT2D eigenvalue weighted by Crippen LogP contribution is -2.31. The van der Waals surface area contributed by atoms with E-state index in [2.05, 4.69) is 10.1 Å². The topological polar surface area (TPSA) is 86.9 Å². The second-order valence-corrected chi connectivity index (χ2v) is 7.56. The highest BCUT2D eigenvalue weighted by atomic mass is 16.5. The van der Waals surface area contributed by atoms with Crippen molar-refractivity contribution >= 4 is 5.91 Å². The number of benzene rings is 2. The van der Waals surface area contributed by atoms with Crippen LogP contribution in [0, 0.1) is 0 Å². The first-order valence-electron chi connectivity index (χ1n) is 10.7. The highest BCUT2D eigenvalue weighted by Crippen LogP contribution is 2.34. The Bertz CT molecular complexity index is 1040. The lowest BCUT2D eigenvalue weighted by atomic mass is 10.1. The Morgan fingerprint density at radius 2 is 2.00 bits per heavy atom. The molecule has 0 bridgehead atoms. The van der Waals surface area contributed by atoms with Crippen molar-refractivity contribution in [3.05, 3.63) is 71.4 Å². The van der Waals surface area contributed by atoms with Gasteiger partial charge in [-0.2, -0.15) is 4.98 Å². The molecule has 168 valence electrons. The van der Waals surface area contributed by atoms with Crippen molar-refractivity contribution in [2.24, 2.45) is 0 Å². The number of ether oxygens (including phenoxy) is 3. The molecule has 1 fully saturated rings. The number of hydrogen-bond acceptors (Lipinski definition) is 7. The predicted molar refractivity (Wildman–Crippen MR) is 117 cm³/mol. The van der Waals surface area contributed by atoms with E-state index in [-0.39, 0.29) is 11.9 Å². The zero-order chi connectivity index (χ0) is 22.3. The number of aromatic nitrogens is 2. The van der Waals surface area contributed by atoms with Gasteiger partial charge in [0.15, 0.2) is 5.82 Å². The Labute approximate surface area is 187 Å². The average Bonchev–Trinajstić information content (AvgIpc) is 3.51. The number of methoxy groups -OCH3 is 2. The summed E-state index contributed by atoms with van der Waals surface area (Å²) in [6.07, 6.45) is 2.19. The van der Waals surface area contributed by atoms with Crippen LogP contribution < -0.4 is 9.47 Å². The van der Waals surface area contributed by atoms with Crippen LogP contribution in [0.25, 0.3) is 0 Å². The van der Waals surface area contributed by atoms with Crippen molar-refractivity contribution in [2.45, 2.75) is 31.9 Å². The quantitative estimate of drug-likeness (QED) is 0.470. The van der Waals surface area contributed by atoms with Gasteiger partial charge >= 0.3 is 0 Å². The number of nitrogens with zero attached hydrogens (tertiary/aromatic N) is 3. The lowest BCUT2D eigenvalue weighted by molar-refractivity contribution is 0.0706. The second kappa shape index (κ2) is 10.3. The van der Waals surface area contributed by atoms with E-state index >= 15 is 0 Å². The number of carbonyl (C=O) groups excluding carboxylic acids is 1. The smallest absolute Gasteiger partial charge is 0.258 e. The van der Waals surface area contributed by atoms with E-state index < -0.39 is 0 Å². The predicted octanol–water partition coefficient (Wildman–Crippen LogP) is 3.82. The van der Waals surface area contributed by atoms with Crippen LogP contribution >= 0.6 is 0 Å². The molecule has 8 nitrogen and oxygen atoms in total. The van der Waals surface area contributed by atoms with Gasteiger partial charge in [-0.15, -0.1) is 0 Å². The molecule has 32 heavy (non-hydrogen) atoms. The second-order valence-electron chi connectivity index (χ2n) is 7.56. The monoisotopic (exact) mass is 437 g/mol. The maximum absolute atomic E-state index is 13.3. The summed E-state index contributed by atoms with van der Waals surface area (Å²) in [4.78, 5) is 19.6. The molecule has 2 heterocycles. The summed E-state index contributed by atoms with van der Waals surface area (Å²) in [7, 11) is 3.11. The maximum Gasteiger partial charge on any atom is 0.258 e. The molecule has 1 aliphatic rings. The van der Waals surface area contributed by atoms with Crippen LogP contribution in [0.1, 0.15) is 46.5 Å². The van der Waals surface area contributed by atoms with Gasteiger partial charge in [0.1, 0.15) is 17.5 Å². The molecule has 8 heteroatoms. The number of hydrogen-bond donors (Lipinski definition) is 0. The van der Waals surface area contributed by atoms with Gasteiger partial charge in [0.05, 0.1) is 33.0 Å². The highest BCUT2D eigenvalue weighted by molar-refractivity contribution is 5.97. The molecule has 0 radical (unpaired) electrons. The normalized spacial score (nSPS) is 15.7. The van der Waals surface area contributed by atoms with E-state index in [0.29, 0.717) is 55.0 Å². The summed E-state index contributed by atoms with van der Waals surface area (Å²) in [6, 6.07) is 14.9.